The minimum absolute atomic E-state index is 0.0332. The van der Waals surface area contributed by atoms with E-state index in [2.05, 4.69) is 50.3 Å². The average molecular weight is 798 g/mol. The molecule has 0 aromatic carbocycles. The second-order valence-corrected chi connectivity index (χ2v) is 17.5. The van der Waals surface area contributed by atoms with Gasteiger partial charge < -0.3 is 27.9 Å². The maximum absolute atomic E-state index is 12.6. The predicted molar refractivity (Wildman–Crippen MR) is 227 cm³/mol. The third kappa shape index (κ3) is 41.7. The molecule has 0 aliphatic rings. The van der Waals surface area contributed by atoms with E-state index in [0.29, 0.717) is 17.4 Å². The molecule has 0 amide bonds. The molecule has 0 N–H and O–H groups in total. The van der Waals surface area contributed by atoms with Crippen LogP contribution in [0.1, 0.15) is 187 Å². The van der Waals surface area contributed by atoms with Crippen LogP contribution >= 0.6 is 7.82 Å². The van der Waals surface area contributed by atoms with Gasteiger partial charge in [0.15, 0.2) is 6.10 Å². The van der Waals surface area contributed by atoms with E-state index in [0.717, 1.165) is 70.6 Å². The van der Waals surface area contributed by atoms with Crippen molar-refractivity contribution >= 4 is 19.8 Å². The fourth-order valence-corrected chi connectivity index (χ4v) is 6.58. The number of phosphoric ester groups is 1. The molecule has 0 radical (unpaired) electrons. The van der Waals surface area contributed by atoms with E-state index < -0.39 is 32.5 Å². The van der Waals surface area contributed by atoms with Crippen LogP contribution in [0, 0.1) is 0 Å². The summed E-state index contributed by atoms with van der Waals surface area (Å²) in [7, 11) is 1.16. The highest BCUT2D eigenvalue weighted by Gasteiger charge is 2.21. The van der Waals surface area contributed by atoms with Crippen molar-refractivity contribution in [3.63, 3.8) is 0 Å². The van der Waals surface area contributed by atoms with Crippen LogP contribution in [-0.4, -0.2) is 70.0 Å². The molecule has 0 aromatic rings. The van der Waals surface area contributed by atoms with E-state index >= 15 is 0 Å². The number of carbonyl (C=O) groups excluding carboxylic acids is 2. The highest BCUT2D eigenvalue weighted by molar-refractivity contribution is 7.45. The van der Waals surface area contributed by atoms with Crippen molar-refractivity contribution in [3.05, 3.63) is 36.5 Å². The Labute approximate surface area is 338 Å². The molecule has 55 heavy (non-hydrogen) atoms. The molecule has 0 spiro atoms. The number of allylic oxidation sites excluding steroid dienone is 6. The van der Waals surface area contributed by atoms with E-state index in [-0.39, 0.29) is 26.1 Å². The molecule has 0 aromatic heterocycles. The monoisotopic (exact) mass is 798 g/mol. The number of quaternary nitrogens is 1. The Bertz CT molecular complexity index is 1040. The van der Waals surface area contributed by atoms with E-state index in [9.17, 15) is 19.0 Å². The third-order valence-corrected chi connectivity index (χ3v) is 10.3. The van der Waals surface area contributed by atoms with Gasteiger partial charge in [-0.3, -0.25) is 14.2 Å². The lowest BCUT2D eigenvalue weighted by atomic mass is 10.1. The Morgan fingerprint density at radius 2 is 0.982 bits per heavy atom. The Morgan fingerprint density at radius 3 is 1.45 bits per heavy atom. The average Bonchev–Trinajstić information content (AvgIpc) is 3.13. The first-order valence-corrected chi connectivity index (χ1v) is 23.7. The van der Waals surface area contributed by atoms with E-state index in [4.69, 9.17) is 18.5 Å². The van der Waals surface area contributed by atoms with Gasteiger partial charge in [-0.25, -0.2) is 0 Å². The number of carbonyl (C=O) groups is 2. The SMILES string of the molecule is CCCCC/C=C/C/C=C/CCCCCCCCCCCC(=O)OC[C@@H](COP(=O)([O-])OCC[N+](C)(C)C)OC(=O)CCCCCCC/C=C/CCCCC. The first-order valence-electron chi connectivity index (χ1n) is 22.2. The molecule has 0 saturated carbocycles. The van der Waals surface area contributed by atoms with Crippen molar-refractivity contribution in [1.29, 1.82) is 0 Å². The molecule has 10 heteroatoms. The van der Waals surface area contributed by atoms with Gasteiger partial charge >= 0.3 is 11.9 Å². The van der Waals surface area contributed by atoms with Gasteiger partial charge in [0.05, 0.1) is 27.7 Å². The number of esters is 2. The standard InChI is InChI=1S/C45H84NO8P/c1-6-8-10-12-14-16-18-20-21-22-23-24-25-26-28-29-31-33-35-37-44(47)51-41-43(42-53-55(49,50)52-40-39-46(3,4)5)54-45(48)38-36-34-32-30-27-19-17-15-13-11-9-7-2/h14-17,20-21,43H,6-13,18-19,22-42H2,1-5H3/b16-14+,17-15+,21-20+/t43-/m0/s1. The molecule has 0 heterocycles. The van der Waals surface area contributed by atoms with Gasteiger partial charge in [-0.1, -0.05) is 140 Å². The Kier molecular flexibility index (Phi) is 36.6. The van der Waals surface area contributed by atoms with Crippen molar-refractivity contribution in [2.45, 2.75) is 193 Å². The highest BCUT2D eigenvalue weighted by Crippen LogP contribution is 2.38. The summed E-state index contributed by atoms with van der Waals surface area (Å²) in [4.78, 5) is 37.5. The van der Waals surface area contributed by atoms with Gasteiger partial charge in [-0.05, 0) is 70.6 Å². The number of hydrogen-bond acceptors (Lipinski definition) is 8. The summed E-state index contributed by atoms with van der Waals surface area (Å²) < 4.78 is 33.9. The van der Waals surface area contributed by atoms with Crippen LogP contribution in [0.15, 0.2) is 36.5 Å². The van der Waals surface area contributed by atoms with Gasteiger partial charge in [0.2, 0.25) is 0 Å². The smallest absolute Gasteiger partial charge is 0.306 e. The number of ether oxygens (including phenoxy) is 2. The van der Waals surface area contributed by atoms with Crippen LogP contribution in [0.2, 0.25) is 0 Å². The minimum atomic E-state index is -4.62. The molecule has 9 nitrogen and oxygen atoms in total. The zero-order valence-electron chi connectivity index (χ0n) is 36.1. The van der Waals surface area contributed by atoms with E-state index in [1.807, 2.05) is 21.1 Å². The third-order valence-electron chi connectivity index (χ3n) is 9.38. The number of rotatable bonds is 40. The second-order valence-electron chi connectivity index (χ2n) is 16.1. The molecule has 0 fully saturated rings. The van der Waals surface area contributed by atoms with Crippen LogP contribution in [0.4, 0.5) is 0 Å². The topological polar surface area (TPSA) is 111 Å². The zero-order chi connectivity index (χ0) is 40.7. The minimum Gasteiger partial charge on any atom is -0.756 e. The Hall–Kier alpha value is -1.77. The molecule has 0 saturated heterocycles. The molecule has 2 atom stereocenters. The fourth-order valence-electron chi connectivity index (χ4n) is 5.85. The van der Waals surface area contributed by atoms with Crippen LogP contribution in [0.5, 0.6) is 0 Å². The lowest BCUT2D eigenvalue weighted by Crippen LogP contribution is -2.37. The van der Waals surface area contributed by atoms with E-state index in [1.165, 1.54) is 83.5 Å². The van der Waals surface area contributed by atoms with E-state index in [1.54, 1.807) is 0 Å². The molecule has 0 rings (SSSR count). The first kappa shape index (κ1) is 53.2. The zero-order valence-corrected chi connectivity index (χ0v) is 37.0. The molecule has 322 valence electrons. The summed E-state index contributed by atoms with van der Waals surface area (Å²) in [5, 5.41) is 0. The molecular formula is C45H84NO8P. The number of phosphoric acid groups is 1. The quantitative estimate of drug-likeness (QED) is 0.0198. The number of nitrogens with zero attached hydrogens (tertiary/aromatic N) is 1. The summed E-state index contributed by atoms with van der Waals surface area (Å²) in [5.74, 6) is -0.849. The van der Waals surface area contributed by atoms with Crippen molar-refractivity contribution in [1.82, 2.24) is 0 Å². The summed E-state index contributed by atoms with van der Waals surface area (Å²) in [5.41, 5.74) is 0. The van der Waals surface area contributed by atoms with Gasteiger partial charge in [0, 0.05) is 12.8 Å². The summed E-state index contributed by atoms with van der Waals surface area (Å²) in [6, 6.07) is 0. The molecule has 0 aliphatic carbocycles. The van der Waals surface area contributed by atoms with Gasteiger partial charge in [-0.15, -0.1) is 0 Å². The number of likely N-dealkylation sites (N-methyl/N-ethyl adjacent to an activating group) is 1. The van der Waals surface area contributed by atoms with Gasteiger partial charge in [-0.2, -0.15) is 0 Å². The summed E-state index contributed by atoms with van der Waals surface area (Å²) in [6.07, 6.45) is 41.7. The second kappa shape index (κ2) is 37.8. The van der Waals surface area contributed by atoms with Crippen LogP contribution in [0.3, 0.4) is 0 Å². The molecular weight excluding hydrogens is 713 g/mol. The van der Waals surface area contributed by atoms with Gasteiger partial charge in [0.25, 0.3) is 7.82 Å². The maximum Gasteiger partial charge on any atom is 0.306 e. The first-order chi connectivity index (χ1) is 26.5. The largest absolute Gasteiger partial charge is 0.756 e. The normalized spacial score (nSPS) is 13.9. The van der Waals surface area contributed by atoms with Crippen molar-refractivity contribution in [2.24, 2.45) is 0 Å². The van der Waals surface area contributed by atoms with Crippen LogP contribution < -0.4 is 4.89 Å². The van der Waals surface area contributed by atoms with Crippen LogP contribution in [-0.2, 0) is 32.7 Å². The molecule has 1 unspecified atom stereocenters. The molecule has 0 aliphatic heterocycles. The lowest BCUT2D eigenvalue weighted by Gasteiger charge is -2.28. The van der Waals surface area contributed by atoms with Crippen molar-refractivity contribution in [3.8, 4) is 0 Å². The maximum atomic E-state index is 12.6. The summed E-state index contributed by atoms with van der Waals surface area (Å²) >= 11 is 0. The number of hydrogen-bond donors (Lipinski definition) is 0. The fraction of sp³-hybridized carbons (Fsp3) is 0.822. The van der Waals surface area contributed by atoms with Crippen molar-refractivity contribution < 1.29 is 42.1 Å². The lowest BCUT2D eigenvalue weighted by molar-refractivity contribution is -0.870. The van der Waals surface area contributed by atoms with Crippen LogP contribution in [0.25, 0.3) is 0 Å². The van der Waals surface area contributed by atoms with Gasteiger partial charge in [0.1, 0.15) is 19.8 Å². The summed E-state index contributed by atoms with van der Waals surface area (Å²) in [6.45, 7) is 4.16. The van der Waals surface area contributed by atoms with Crippen molar-refractivity contribution in [2.75, 3.05) is 47.5 Å². The Morgan fingerprint density at radius 1 is 0.564 bits per heavy atom. The number of unbranched alkanes of at least 4 members (excludes halogenated alkanes) is 20. The molecule has 0 bridgehead atoms. The predicted octanol–water partition coefficient (Wildman–Crippen LogP) is 11.9. The highest BCUT2D eigenvalue weighted by atomic mass is 31.2. The Balaban J connectivity index is 4.31.